The summed E-state index contributed by atoms with van der Waals surface area (Å²) in [6.45, 7) is 6.66. The Kier molecular flexibility index (Phi) is 3.43. The summed E-state index contributed by atoms with van der Waals surface area (Å²) in [7, 11) is 2.32. The number of rotatable bonds is 3. The monoisotopic (exact) mass is 333 g/mol. The second kappa shape index (κ2) is 5.57. The molecule has 3 nitrogen and oxygen atoms in total. The van der Waals surface area contributed by atoms with Gasteiger partial charge in [0.1, 0.15) is 0 Å². The van der Waals surface area contributed by atoms with Crippen molar-refractivity contribution in [3.8, 4) is 0 Å². The van der Waals surface area contributed by atoms with Crippen LogP contribution in [-0.4, -0.2) is 42.1 Å². The normalized spacial score (nSPS) is 30.0. The lowest BCUT2D eigenvalue weighted by atomic mass is 9.89. The molecule has 3 heteroatoms. The number of hydrogen-bond acceptors (Lipinski definition) is 3. The number of likely N-dealkylation sites (N-methyl/N-ethyl adjacent to an activating group) is 1. The van der Waals surface area contributed by atoms with E-state index < -0.39 is 0 Å². The molecule has 1 aromatic carbocycles. The van der Waals surface area contributed by atoms with Crippen molar-refractivity contribution in [2.24, 2.45) is 5.92 Å². The van der Waals surface area contributed by atoms with E-state index in [4.69, 9.17) is 0 Å². The molecule has 2 aliphatic heterocycles. The highest BCUT2D eigenvalue weighted by Crippen LogP contribution is 2.56. The van der Waals surface area contributed by atoms with E-state index in [1.165, 1.54) is 29.8 Å². The average molecular weight is 333 g/mol. The van der Waals surface area contributed by atoms with Crippen LogP contribution < -0.4 is 4.90 Å². The van der Waals surface area contributed by atoms with Crippen molar-refractivity contribution >= 4 is 5.69 Å². The highest BCUT2D eigenvalue weighted by molar-refractivity contribution is 5.65. The molecule has 1 saturated heterocycles. The van der Waals surface area contributed by atoms with Gasteiger partial charge in [-0.05, 0) is 62.9 Å². The van der Waals surface area contributed by atoms with Gasteiger partial charge in [0.05, 0.1) is 0 Å². The number of benzene rings is 1. The Morgan fingerprint density at radius 1 is 1.16 bits per heavy atom. The molecule has 0 spiro atoms. The van der Waals surface area contributed by atoms with Gasteiger partial charge in [-0.3, -0.25) is 4.98 Å². The topological polar surface area (TPSA) is 19.4 Å². The zero-order chi connectivity index (χ0) is 17.1. The molecule has 3 aliphatic rings. The summed E-state index contributed by atoms with van der Waals surface area (Å²) in [5.74, 6) is 1.53. The van der Waals surface area contributed by atoms with E-state index >= 15 is 0 Å². The molecule has 3 heterocycles. The van der Waals surface area contributed by atoms with E-state index in [1.54, 1.807) is 5.56 Å². The molecule has 1 aromatic heterocycles. The maximum absolute atomic E-state index is 4.47. The van der Waals surface area contributed by atoms with Crippen molar-refractivity contribution in [2.75, 3.05) is 25.0 Å². The highest BCUT2D eigenvalue weighted by atomic mass is 15.3. The summed E-state index contributed by atoms with van der Waals surface area (Å²) in [5.41, 5.74) is 6.94. The van der Waals surface area contributed by atoms with Gasteiger partial charge >= 0.3 is 0 Å². The predicted molar refractivity (Wildman–Crippen MR) is 102 cm³/mol. The molecule has 25 heavy (non-hydrogen) atoms. The van der Waals surface area contributed by atoms with Gasteiger partial charge in [-0.25, -0.2) is 0 Å². The molecule has 4 atom stereocenters. The Hall–Kier alpha value is -1.87. The number of hydrogen-bond donors (Lipinski definition) is 0. The van der Waals surface area contributed by atoms with Crippen LogP contribution in [-0.2, 0) is 6.42 Å². The third-order valence-electron chi connectivity index (χ3n) is 6.72. The van der Waals surface area contributed by atoms with E-state index in [0.717, 1.165) is 30.6 Å². The van der Waals surface area contributed by atoms with Crippen molar-refractivity contribution < 1.29 is 0 Å². The molecule has 1 aliphatic carbocycles. The molecule has 2 bridgehead atoms. The Morgan fingerprint density at radius 3 is 2.84 bits per heavy atom. The number of aryl methyl sites for hydroxylation is 2. The Labute approximate surface area is 150 Å². The van der Waals surface area contributed by atoms with Gasteiger partial charge in [0.15, 0.2) is 0 Å². The van der Waals surface area contributed by atoms with Gasteiger partial charge in [-0.15, -0.1) is 0 Å². The van der Waals surface area contributed by atoms with Crippen molar-refractivity contribution in [3.63, 3.8) is 0 Å². The lowest BCUT2D eigenvalue weighted by Gasteiger charge is -2.37. The summed E-state index contributed by atoms with van der Waals surface area (Å²) in [6, 6.07) is 12.9. The molecular formula is C22H27N3. The number of anilines is 1. The van der Waals surface area contributed by atoms with Crippen molar-refractivity contribution in [3.05, 3.63) is 58.9 Å². The molecule has 5 rings (SSSR count). The summed E-state index contributed by atoms with van der Waals surface area (Å²) < 4.78 is 0. The lowest BCUT2D eigenvalue weighted by Crippen LogP contribution is -2.46. The van der Waals surface area contributed by atoms with Gasteiger partial charge < -0.3 is 9.80 Å². The van der Waals surface area contributed by atoms with Crippen LogP contribution in [0.2, 0.25) is 0 Å². The first-order valence-corrected chi connectivity index (χ1v) is 9.61. The van der Waals surface area contributed by atoms with Gasteiger partial charge in [-0.1, -0.05) is 23.8 Å². The highest BCUT2D eigenvalue weighted by Gasteiger charge is 2.56. The van der Waals surface area contributed by atoms with Crippen molar-refractivity contribution in [1.82, 2.24) is 9.88 Å². The van der Waals surface area contributed by atoms with E-state index in [0.29, 0.717) is 12.0 Å². The molecule has 130 valence electrons. The first-order valence-electron chi connectivity index (χ1n) is 9.61. The minimum Gasteiger partial charge on any atom is -0.367 e. The molecule has 2 aromatic rings. The molecule has 0 N–H and O–H groups in total. The Morgan fingerprint density at radius 2 is 2.04 bits per heavy atom. The molecular weight excluding hydrogens is 306 g/mol. The quantitative estimate of drug-likeness (QED) is 0.856. The van der Waals surface area contributed by atoms with E-state index in [-0.39, 0.29) is 0 Å². The van der Waals surface area contributed by atoms with Crippen LogP contribution in [0.1, 0.15) is 34.7 Å². The standard InChI is InChI=1S/C22H27N3/c1-14-4-7-19-18(10-14)21-20-11-17(13-24(20)3)22(21)25(19)9-8-16-6-5-15(2)23-12-16/h4-7,10,12,17,20-22H,8-9,11,13H2,1-3H3/t17-,20-,21-,22+/m1/s1. The second-order valence-corrected chi connectivity index (χ2v) is 8.33. The number of fused-ring (bicyclic) bond motifs is 7. The van der Waals surface area contributed by atoms with Crippen LogP contribution in [0.15, 0.2) is 36.5 Å². The van der Waals surface area contributed by atoms with Gasteiger partial charge in [0.25, 0.3) is 0 Å². The Balaban J connectivity index is 1.46. The largest absolute Gasteiger partial charge is 0.367 e. The smallest absolute Gasteiger partial charge is 0.0415 e. The molecule has 0 amide bonds. The van der Waals surface area contributed by atoms with E-state index in [2.05, 4.69) is 66.0 Å². The van der Waals surface area contributed by atoms with Crippen LogP contribution in [0.25, 0.3) is 0 Å². The van der Waals surface area contributed by atoms with Crippen LogP contribution in [0.4, 0.5) is 5.69 Å². The van der Waals surface area contributed by atoms with E-state index in [1.807, 2.05) is 6.20 Å². The minimum atomic E-state index is 0.704. The fraction of sp³-hybridized carbons (Fsp3) is 0.500. The summed E-state index contributed by atoms with van der Waals surface area (Å²) in [6.07, 6.45) is 4.51. The van der Waals surface area contributed by atoms with Gasteiger partial charge in [-0.2, -0.15) is 0 Å². The van der Waals surface area contributed by atoms with Crippen molar-refractivity contribution in [2.45, 2.75) is 44.7 Å². The maximum Gasteiger partial charge on any atom is 0.0415 e. The maximum atomic E-state index is 4.47. The summed E-state index contributed by atoms with van der Waals surface area (Å²) >= 11 is 0. The van der Waals surface area contributed by atoms with E-state index in [9.17, 15) is 0 Å². The fourth-order valence-corrected chi connectivity index (χ4v) is 5.63. The summed E-state index contributed by atoms with van der Waals surface area (Å²) in [4.78, 5) is 9.81. The Bertz CT molecular complexity index is 797. The first-order chi connectivity index (χ1) is 12.1. The lowest BCUT2D eigenvalue weighted by molar-refractivity contribution is 0.218. The second-order valence-electron chi connectivity index (χ2n) is 8.33. The molecule has 0 radical (unpaired) electrons. The third kappa shape index (κ3) is 2.32. The first kappa shape index (κ1) is 15.4. The van der Waals surface area contributed by atoms with Gasteiger partial charge in [0.2, 0.25) is 0 Å². The summed E-state index contributed by atoms with van der Waals surface area (Å²) in [5, 5.41) is 0. The molecule has 1 saturated carbocycles. The van der Waals surface area contributed by atoms with Crippen molar-refractivity contribution in [1.29, 1.82) is 0 Å². The van der Waals surface area contributed by atoms with Crippen LogP contribution in [0.3, 0.4) is 0 Å². The number of pyridine rings is 1. The average Bonchev–Trinajstić information content (AvgIpc) is 3.23. The number of nitrogens with zero attached hydrogens (tertiary/aromatic N) is 3. The number of aromatic nitrogens is 1. The van der Waals surface area contributed by atoms with Gasteiger partial charge in [0, 0.05) is 48.7 Å². The fourth-order valence-electron chi connectivity index (χ4n) is 5.63. The van der Waals surface area contributed by atoms with Crippen LogP contribution in [0.5, 0.6) is 0 Å². The SMILES string of the molecule is Cc1ccc2c(c1)[C@H]1[C@H]([C@@H]3C[C@H]1N(C)C3)N2CCc1ccc(C)nc1. The molecule has 2 fully saturated rings. The zero-order valence-corrected chi connectivity index (χ0v) is 15.4. The zero-order valence-electron chi connectivity index (χ0n) is 15.4. The predicted octanol–water partition coefficient (Wildman–Crippen LogP) is 3.55. The third-order valence-corrected chi connectivity index (χ3v) is 6.72. The number of piperidine rings is 1. The number of likely N-dealkylation sites (tertiary alicyclic amines) is 1. The van der Waals surface area contributed by atoms with Crippen LogP contribution >= 0.6 is 0 Å². The van der Waals surface area contributed by atoms with Crippen LogP contribution in [0, 0.1) is 19.8 Å². The molecule has 0 unspecified atom stereocenters. The minimum absolute atomic E-state index is 0.704.